The summed E-state index contributed by atoms with van der Waals surface area (Å²) in [6, 6.07) is 9.06. The minimum Gasteiger partial charge on any atom is -0.497 e. The number of nitrogens with zero attached hydrogens (tertiary/aromatic N) is 1. The third-order valence-corrected chi connectivity index (χ3v) is 4.28. The Labute approximate surface area is 156 Å². The van der Waals surface area contributed by atoms with Crippen molar-refractivity contribution in [2.75, 3.05) is 18.6 Å². The van der Waals surface area contributed by atoms with Gasteiger partial charge in [0.2, 0.25) is 5.91 Å². The van der Waals surface area contributed by atoms with Crippen LogP contribution >= 0.6 is 0 Å². The molecule has 1 aromatic carbocycles. The molecule has 1 unspecified atom stereocenters. The number of rotatable bonds is 8. The summed E-state index contributed by atoms with van der Waals surface area (Å²) in [5.41, 5.74) is 0.462. The van der Waals surface area contributed by atoms with Crippen LogP contribution in [0.3, 0.4) is 0 Å². The number of hydrogen-bond donors (Lipinski definition) is 2. The second-order valence-electron chi connectivity index (χ2n) is 6.09. The Bertz CT molecular complexity index is 801. The molecule has 0 aliphatic carbocycles. The number of benzene rings is 1. The summed E-state index contributed by atoms with van der Waals surface area (Å²) in [7, 11) is 1.54. The van der Waals surface area contributed by atoms with Gasteiger partial charge in [-0.05, 0) is 42.8 Å². The number of urea groups is 1. The molecule has 0 spiro atoms. The van der Waals surface area contributed by atoms with Crippen LogP contribution in [-0.4, -0.2) is 37.5 Å². The Morgan fingerprint density at radius 1 is 1.26 bits per heavy atom. The first-order valence-electron chi connectivity index (χ1n) is 8.66. The van der Waals surface area contributed by atoms with Crippen molar-refractivity contribution < 1.29 is 23.5 Å². The molecule has 0 radical (unpaired) electrons. The van der Waals surface area contributed by atoms with Crippen molar-refractivity contribution in [1.82, 2.24) is 10.6 Å². The van der Waals surface area contributed by atoms with Crippen molar-refractivity contribution in [1.29, 1.82) is 0 Å². The fraction of sp³-hybridized carbons (Fsp3) is 0.316. The molecular formula is C19H21N3O5. The first-order chi connectivity index (χ1) is 13.1. The van der Waals surface area contributed by atoms with E-state index in [1.54, 1.807) is 43.7 Å². The van der Waals surface area contributed by atoms with Gasteiger partial charge in [0.05, 0.1) is 19.1 Å². The molecule has 2 aromatic rings. The summed E-state index contributed by atoms with van der Waals surface area (Å²) in [6.07, 6.45) is 2.57. The molecule has 8 heteroatoms. The summed E-state index contributed by atoms with van der Waals surface area (Å²) < 4.78 is 10.3. The van der Waals surface area contributed by atoms with Crippen molar-refractivity contribution in [2.24, 2.45) is 0 Å². The van der Waals surface area contributed by atoms with E-state index in [4.69, 9.17) is 9.15 Å². The van der Waals surface area contributed by atoms with E-state index in [0.717, 1.165) is 10.7 Å². The highest BCUT2D eigenvalue weighted by atomic mass is 16.5. The minimum absolute atomic E-state index is 0.144. The molecule has 2 N–H and O–H groups in total. The third-order valence-electron chi connectivity index (χ3n) is 4.28. The Morgan fingerprint density at radius 2 is 2.04 bits per heavy atom. The largest absolute Gasteiger partial charge is 0.497 e. The first kappa shape index (κ1) is 18.5. The molecular weight excluding hydrogens is 350 g/mol. The maximum atomic E-state index is 12.5. The van der Waals surface area contributed by atoms with Gasteiger partial charge >= 0.3 is 6.03 Å². The van der Waals surface area contributed by atoms with E-state index in [0.29, 0.717) is 24.4 Å². The van der Waals surface area contributed by atoms with Gasteiger partial charge in [-0.15, -0.1) is 0 Å². The number of furan rings is 1. The smallest absolute Gasteiger partial charge is 0.329 e. The van der Waals surface area contributed by atoms with Gasteiger partial charge in [0.25, 0.3) is 5.91 Å². The normalized spacial score (nSPS) is 16.3. The lowest BCUT2D eigenvalue weighted by molar-refractivity contribution is -0.121. The Morgan fingerprint density at radius 3 is 2.70 bits per heavy atom. The van der Waals surface area contributed by atoms with E-state index in [-0.39, 0.29) is 24.7 Å². The van der Waals surface area contributed by atoms with E-state index in [1.807, 2.05) is 6.07 Å². The van der Waals surface area contributed by atoms with Crippen LogP contribution in [0.5, 0.6) is 5.75 Å². The van der Waals surface area contributed by atoms with Gasteiger partial charge in [-0.3, -0.25) is 9.59 Å². The van der Waals surface area contributed by atoms with Crippen LogP contribution < -0.4 is 20.3 Å². The van der Waals surface area contributed by atoms with Crippen LogP contribution in [0.4, 0.5) is 10.5 Å². The molecule has 1 saturated heterocycles. The Balaban J connectivity index is 1.48. The van der Waals surface area contributed by atoms with E-state index >= 15 is 0 Å². The van der Waals surface area contributed by atoms with E-state index in [2.05, 4.69) is 10.6 Å². The zero-order chi connectivity index (χ0) is 19.2. The second-order valence-corrected chi connectivity index (χ2v) is 6.09. The highest BCUT2D eigenvalue weighted by Crippen LogP contribution is 2.23. The lowest BCUT2D eigenvalue weighted by Crippen LogP contribution is -2.33. The number of anilines is 1. The number of ether oxygens (including phenoxy) is 1. The van der Waals surface area contributed by atoms with Gasteiger partial charge < -0.3 is 19.8 Å². The lowest BCUT2D eigenvalue weighted by Gasteiger charge is -2.13. The molecule has 8 nitrogen and oxygen atoms in total. The van der Waals surface area contributed by atoms with E-state index in [1.165, 1.54) is 0 Å². The number of carbonyl (C=O) groups excluding carboxylic acids is 3. The van der Waals surface area contributed by atoms with Crippen LogP contribution in [0.15, 0.2) is 47.1 Å². The maximum Gasteiger partial charge on any atom is 0.329 e. The predicted octanol–water partition coefficient (Wildman–Crippen LogP) is 1.85. The summed E-state index contributed by atoms with van der Waals surface area (Å²) in [5.74, 6) is 0.886. The number of amides is 4. The van der Waals surface area contributed by atoms with Crippen molar-refractivity contribution in [3.63, 3.8) is 0 Å². The number of carbonyl (C=O) groups is 3. The van der Waals surface area contributed by atoms with E-state index < -0.39 is 12.1 Å². The fourth-order valence-electron chi connectivity index (χ4n) is 2.85. The number of nitrogens with one attached hydrogen (secondary N) is 2. The molecule has 1 aliphatic rings. The van der Waals surface area contributed by atoms with Crippen LogP contribution in [0.25, 0.3) is 0 Å². The average Bonchev–Trinajstić information content (AvgIpc) is 3.28. The number of imide groups is 1. The molecule has 1 aliphatic heterocycles. The van der Waals surface area contributed by atoms with Gasteiger partial charge in [-0.2, -0.15) is 0 Å². The molecule has 2 heterocycles. The first-order valence-corrected chi connectivity index (χ1v) is 8.66. The third kappa shape index (κ3) is 4.46. The molecule has 1 fully saturated rings. The van der Waals surface area contributed by atoms with E-state index in [9.17, 15) is 14.4 Å². The minimum atomic E-state index is -0.713. The molecule has 27 heavy (non-hydrogen) atoms. The quantitative estimate of drug-likeness (QED) is 0.690. The Kier molecular flexibility index (Phi) is 5.75. The van der Waals surface area contributed by atoms with Crippen LogP contribution in [-0.2, 0) is 16.0 Å². The van der Waals surface area contributed by atoms with Crippen LogP contribution in [0, 0.1) is 0 Å². The summed E-state index contributed by atoms with van der Waals surface area (Å²) in [6.45, 7) is 0.454. The van der Waals surface area contributed by atoms with Crippen molar-refractivity contribution in [3.05, 3.63) is 48.4 Å². The van der Waals surface area contributed by atoms with Gasteiger partial charge in [-0.1, -0.05) is 0 Å². The summed E-state index contributed by atoms with van der Waals surface area (Å²) in [4.78, 5) is 37.7. The molecule has 3 rings (SSSR count). The fourth-order valence-corrected chi connectivity index (χ4v) is 2.85. The topological polar surface area (TPSA) is 101 Å². The maximum absolute atomic E-state index is 12.5. The van der Waals surface area contributed by atoms with Gasteiger partial charge in [0.15, 0.2) is 0 Å². The lowest BCUT2D eigenvalue weighted by atomic mass is 10.1. The van der Waals surface area contributed by atoms with Crippen molar-refractivity contribution >= 4 is 23.5 Å². The predicted molar refractivity (Wildman–Crippen MR) is 97.5 cm³/mol. The number of hydrogen-bond acceptors (Lipinski definition) is 5. The van der Waals surface area contributed by atoms with Crippen molar-refractivity contribution in [2.45, 2.75) is 25.3 Å². The summed E-state index contributed by atoms with van der Waals surface area (Å²) in [5, 5.41) is 5.40. The summed E-state index contributed by atoms with van der Waals surface area (Å²) >= 11 is 0. The van der Waals surface area contributed by atoms with Gasteiger partial charge in [0, 0.05) is 19.4 Å². The van der Waals surface area contributed by atoms with Crippen LogP contribution in [0.1, 0.15) is 18.6 Å². The van der Waals surface area contributed by atoms with Crippen molar-refractivity contribution in [3.8, 4) is 5.75 Å². The molecule has 1 aromatic heterocycles. The van der Waals surface area contributed by atoms with Crippen LogP contribution in [0.2, 0.25) is 0 Å². The monoisotopic (exact) mass is 371 g/mol. The zero-order valence-corrected chi connectivity index (χ0v) is 14.9. The molecule has 0 saturated carbocycles. The molecule has 4 amide bonds. The highest BCUT2D eigenvalue weighted by Gasteiger charge is 2.38. The number of methoxy groups -OCH3 is 1. The average molecular weight is 371 g/mol. The Hall–Kier alpha value is -3.29. The van der Waals surface area contributed by atoms with Gasteiger partial charge in [0.1, 0.15) is 17.6 Å². The highest BCUT2D eigenvalue weighted by molar-refractivity contribution is 6.21. The molecule has 1 atom stereocenters. The zero-order valence-electron chi connectivity index (χ0n) is 14.9. The molecule has 0 bridgehead atoms. The standard InChI is InChI=1S/C19H21N3O5/c1-26-14-6-4-13(5-7-14)22-18(24)16(21-19(22)25)8-9-17(23)20-11-10-15-3-2-12-27-15/h2-7,12,16H,8-11H2,1H3,(H,20,23)(H,21,25). The van der Waals surface area contributed by atoms with Gasteiger partial charge in [-0.25, -0.2) is 9.69 Å². The molecule has 142 valence electrons. The SMILES string of the molecule is COc1ccc(N2C(=O)NC(CCC(=O)NCCc3ccco3)C2=O)cc1. The second kappa shape index (κ2) is 8.39.